The van der Waals surface area contributed by atoms with Crippen LogP contribution in [0.3, 0.4) is 0 Å². The second-order valence-electron chi connectivity index (χ2n) is 6.56. The van der Waals surface area contributed by atoms with Crippen LogP contribution in [0.5, 0.6) is 11.5 Å². The third kappa shape index (κ3) is 4.94. The van der Waals surface area contributed by atoms with Gasteiger partial charge in [-0.3, -0.25) is 9.10 Å². The largest absolute Gasteiger partial charge is 0.486 e. The number of rotatable bonds is 6. The molecule has 1 heterocycles. The van der Waals surface area contributed by atoms with E-state index in [-0.39, 0.29) is 0 Å². The summed E-state index contributed by atoms with van der Waals surface area (Å²) in [6.45, 7) is 1.94. The minimum Gasteiger partial charge on any atom is -0.486 e. The van der Waals surface area contributed by atoms with E-state index >= 15 is 0 Å². The van der Waals surface area contributed by atoms with Crippen LogP contribution >= 0.6 is 0 Å². The number of ether oxygens (including phenoxy) is 2. The molecular weight excluding hydrogens is 406 g/mol. The quantitative estimate of drug-likeness (QED) is 0.767. The van der Waals surface area contributed by atoms with Gasteiger partial charge in [0.15, 0.2) is 11.5 Å². The summed E-state index contributed by atoms with van der Waals surface area (Å²) in [5.74, 6) is -1.42. The Kier molecular flexibility index (Phi) is 5.92. The summed E-state index contributed by atoms with van der Waals surface area (Å²) < 4.78 is 62.9. The zero-order valence-corrected chi connectivity index (χ0v) is 16.6. The molecule has 0 saturated heterocycles. The van der Waals surface area contributed by atoms with Crippen molar-refractivity contribution in [3.05, 3.63) is 53.6 Å². The Balaban J connectivity index is 1.75. The molecule has 1 aliphatic rings. The average Bonchev–Trinajstić information content (AvgIpc) is 2.65. The first kappa shape index (κ1) is 20.8. The van der Waals surface area contributed by atoms with Gasteiger partial charge >= 0.3 is 0 Å². The molecule has 1 atom stereocenters. The number of benzene rings is 2. The van der Waals surface area contributed by atoms with Crippen molar-refractivity contribution in [2.45, 2.75) is 13.0 Å². The van der Waals surface area contributed by atoms with Gasteiger partial charge in [0.1, 0.15) is 31.4 Å². The molecule has 0 saturated carbocycles. The van der Waals surface area contributed by atoms with Gasteiger partial charge in [-0.05, 0) is 36.8 Å². The molecule has 0 aliphatic carbocycles. The number of hydrogen-bond acceptors (Lipinski definition) is 5. The van der Waals surface area contributed by atoms with E-state index < -0.39 is 45.8 Å². The first-order valence-electron chi connectivity index (χ1n) is 8.77. The molecule has 156 valence electrons. The van der Waals surface area contributed by atoms with E-state index in [2.05, 4.69) is 5.32 Å². The lowest BCUT2D eigenvalue weighted by Gasteiger charge is -2.24. The molecule has 0 aromatic heterocycles. The van der Waals surface area contributed by atoms with Crippen LogP contribution < -0.4 is 19.1 Å². The highest BCUT2D eigenvalue weighted by Gasteiger charge is 2.25. The normalized spacial score (nSPS) is 14.2. The molecule has 29 heavy (non-hydrogen) atoms. The molecule has 1 N–H and O–H groups in total. The summed E-state index contributed by atoms with van der Waals surface area (Å²) in [4.78, 5) is 12.5. The lowest BCUT2D eigenvalue weighted by molar-refractivity contribution is -0.120. The van der Waals surface area contributed by atoms with Gasteiger partial charge in [0, 0.05) is 6.07 Å². The fourth-order valence-corrected chi connectivity index (χ4v) is 3.75. The number of sulfonamides is 1. The van der Waals surface area contributed by atoms with Crippen LogP contribution in [0.2, 0.25) is 0 Å². The molecule has 2 aromatic rings. The van der Waals surface area contributed by atoms with Crippen LogP contribution in [-0.2, 0) is 14.8 Å². The van der Waals surface area contributed by atoms with Gasteiger partial charge in [0.25, 0.3) is 0 Å². The molecule has 0 fully saturated rings. The molecule has 0 radical (unpaired) electrons. The second kappa shape index (κ2) is 8.24. The van der Waals surface area contributed by atoms with Gasteiger partial charge in [-0.15, -0.1) is 0 Å². The van der Waals surface area contributed by atoms with Crippen LogP contribution in [0.1, 0.15) is 18.5 Å². The first-order valence-corrected chi connectivity index (χ1v) is 10.6. The highest BCUT2D eigenvalue weighted by atomic mass is 32.2. The maximum Gasteiger partial charge on any atom is 0.241 e. The van der Waals surface area contributed by atoms with Crippen molar-refractivity contribution in [2.24, 2.45) is 0 Å². The van der Waals surface area contributed by atoms with Crippen molar-refractivity contribution in [2.75, 3.05) is 30.3 Å². The summed E-state index contributed by atoms with van der Waals surface area (Å²) in [5.41, 5.74) is 0.317. The van der Waals surface area contributed by atoms with Gasteiger partial charge in [-0.25, -0.2) is 17.2 Å². The van der Waals surface area contributed by atoms with E-state index in [1.165, 1.54) is 0 Å². The standard InChI is InChI=1S/C19H20F2N2O5S/c1-12(13-3-6-17-18(9-13)28-8-7-27-17)22-19(24)11-23(29(2,25)26)16-5-4-14(20)10-15(16)21/h3-6,9-10,12H,7-8,11H2,1-2H3,(H,22,24). The number of amides is 1. The molecule has 3 rings (SSSR count). The topological polar surface area (TPSA) is 84.9 Å². The summed E-state index contributed by atoms with van der Waals surface area (Å²) in [5, 5.41) is 2.67. The average molecular weight is 426 g/mol. The van der Waals surface area contributed by atoms with E-state index in [1.807, 2.05) is 0 Å². The molecule has 1 unspecified atom stereocenters. The Labute approximate surface area is 167 Å². The number of halogens is 2. The smallest absolute Gasteiger partial charge is 0.241 e. The maximum absolute atomic E-state index is 14.1. The highest BCUT2D eigenvalue weighted by molar-refractivity contribution is 7.92. The van der Waals surface area contributed by atoms with E-state index in [0.717, 1.165) is 24.0 Å². The Morgan fingerprint density at radius 3 is 2.48 bits per heavy atom. The zero-order valence-electron chi connectivity index (χ0n) is 15.8. The number of anilines is 1. The van der Waals surface area contributed by atoms with E-state index in [0.29, 0.717) is 35.1 Å². The Hall–Kier alpha value is -2.88. The number of fused-ring (bicyclic) bond motifs is 1. The van der Waals surface area contributed by atoms with Crippen LogP contribution in [0.25, 0.3) is 0 Å². The van der Waals surface area contributed by atoms with Crippen LogP contribution in [-0.4, -0.2) is 40.3 Å². The fourth-order valence-electron chi connectivity index (χ4n) is 2.89. The Bertz CT molecular complexity index is 1030. The molecule has 2 aromatic carbocycles. The maximum atomic E-state index is 14.1. The van der Waals surface area contributed by atoms with E-state index in [1.54, 1.807) is 25.1 Å². The lowest BCUT2D eigenvalue weighted by atomic mass is 10.1. The predicted octanol–water partition coefficient (Wildman–Crippen LogP) is 2.38. The third-order valence-electron chi connectivity index (χ3n) is 4.31. The summed E-state index contributed by atoms with van der Waals surface area (Å²) in [7, 11) is -3.99. The van der Waals surface area contributed by atoms with Crippen molar-refractivity contribution in [3.63, 3.8) is 0 Å². The third-order valence-corrected chi connectivity index (χ3v) is 5.44. The summed E-state index contributed by atoms with van der Waals surface area (Å²) in [6, 6.07) is 7.19. The highest BCUT2D eigenvalue weighted by Crippen LogP contribution is 2.32. The van der Waals surface area contributed by atoms with Crippen LogP contribution in [0.15, 0.2) is 36.4 Å². The van der Waals surface area contributed by atoms with Gasteiger partial charge in [0.05, 0.1) is 18.0 Å². The predicted molar refractivity (Wildman–Crippen MR) is 103 cm³/mol. The fraction of sp³-hybridized carbons (Fsp3) is 0.316. The van der Waals surface area contributed by atoms with Crippen LogP contribution in [0.4, 0.5) is 14.5 Å². The molecule has 10 heteroatoms. The van der Waals surface area contributed by atoms with E-state index in [9.17, 15) is 22.0 Å². The van der Waals surface area contributed by atoms with Crippen molar-refractivity contribution >= 4 is 21.6 Å². The van der Waals surface area contributed by atoms with Crippen molar-refractivity contribution in [1.82, 2.24) is 5.32 Å². The minimum absolute atomic E-state index is 0.406. The molecule has 1 aliphatic heterocycles. The van der Waals surface area contributed by atoms with Crippen molar-refractivity contribution in [3.8, 4) is 11.5 Å². The molecule has 7 nitrogen and oxygen atoms in total. The number of nitrogens with one attached hydrogen (secondary N) is 1. The molecular formula is C19H20F2N2O5S. The van der Waals surface area contributed by atoms with Gasteiger partial charge in [-0.1, -0.05) is 6.07 Å². The van der Waals surface area contributed by atoms with Crippen molar-refractivity contribution in [1.29, 1.82) is 0 Å². The van der Waals surface area contributed by atoms with Gasteiger partial charge in [-0.2, -0.15) is 0 Å². The lowest BCUT2D eigenvalue weighted by Crippen LogP contribution is -2.41. The number of nitrogens with zero attached hydrogens (tertiary/aromatic N) is 1. The number of hydrogen-bond donors (Lipinski definition) is 1. The molecule has 0 spiro atoms. The number of carbonyl (C=O) groups excluding carboxylic acids is 1. The van der Waals surface area contributed by atoms with Gasteiger partial charge < -0.3 is 14.8 Å². The second-order valence-corrected chi connectivity index (χ2v) is 8.46. The minimum atomic E-state index is -3.99. The summed E-state index contributed by atoms with van der Waals surface area (Å²) >= 11 is 0. The number of carbonyl (C=O) groups is 1. The first-order chi connectivity index (χ1) is 13.6. The Morgan fingerprint density at radius 1 is 1.14 bits per heavy atom. The van der Waals surface area contributed by atoms with E-state index in [4.69, 9.17) is 9.47 Å². The van der Waals surface area contributed by atoms with Crippen molar-refractivity contribution < 1.29 is 31.5 Å². The Morgan fingerprint density at radius 2 is 1.83 bits per heavy atom. The summed E-state index contributed by atoms with van der Waals surface area (Å²) in [6.07, 6.45) is 0.841. The molecule has 1 amide bonds. The zero-order chi connectivity index (χ0) is 21.2. The SMILES string of the molecule is CC(NC(=O)CN(c1ccc(F)cc1F)S(C)(=O)=O)c1ccc2c(c1)OCCO2. The van der Waals surface area contributed by atoms with Crippen LogP contribution in [0, 0.1) is 11.6 Å². The van der Waals surface area contributed by atoms with Gasteiger partial charge in [0.2, 0.25) is 15.9 Å². The molecule has 0 bridgehead atoms. The monoisotopic (exact) mass is 426 g/mol.